The molecule has 0 amide bonds. The van der Waals surface area contributed by atoms with E-state index in [1.807, 2.05) is 31.2 Å². The van der Waals surface area contributed by atoms with Crippen molar-refractivity contribution in [2.75, 3.05) is 12.7 Å². The van der Waals surface area contributed by atoms with Crippen molar-refractivity contribution < 1.29 is 9.46 Å². The van der Waals surface area contributed by atoms with Gasteiger partial charge in [-0.1, -0.05) is 29.8 Å². The van der Waals surface area contributed by atoms with Crippen LogP contribution in [-0.2, 0) is 4.57 Å². The Kier molecular flexibility index (Phi) is 4.21. The van der Waals surface area contributed by atoms with Gasteiger partial charge in [-0.25, -0.2) is 0 Å². The zero-order chi connectivity index (χ0) is 10.6. The summed E-state index contributed by atoms with van der Waals surface area (Å²) in [5.74, 6) is -0.00999. The average molecular weight is 212 g/mol. The first kappa shape index (κ1) is 11.3. The largest absolute Gasteiger partial charge is 0.506 e. The van der Waals surface area contributed by atoms with Gasteiger partial charge in [0.2, 0.25) is 0 Å². The van der Waals surface area contributed by atoms with Crippen LogP contribution in [0.15, 0.2) is 24.3 Å². The van der Waals surface area contributed by atoms with Gasteiger partial charge in [-0.3, -0.25) is 0 Å². The monoisotopic (exact) mass is 212 g/mol. The molecule has 1 aromatic rings. The summed E-state index contributed by atoms with van der Waals surface area (Å²) in [6.45, 7) is 2.42. The van der Waals surface area contributed by atoms with Crippen LogP contribution >= 0.6 is 8.03 Å². The fourth-order valence-electron chi connectivity index (χ4n) is 1.34. The molecule has 4 heteroatoms. The third kappa shape index (κ3) is 3.18. The van der Waals surface area contributed by atoms with E-state index in [-0.39, 0.29) is 12.1 Å². The predicted molar refractivity (Wildman–Crippen MR) is 57.7 cm³/mol. The van der Waals surface area contributed by atoms with Crippen molar-refractivity contribution in [2.24, 2.45) is 5.73 Å². The number of benzene rings is 1. The second-order valence-electron chi connectivity index (χ2n) is 3.38. The molecule has 1 rings (SSSR count). The van der Waals surface area contributed by atoms with Gasteiger partial charge < -0.3 is 5.73 Å². The van der Waals surface area contributed by atoms with Crippen LogP contribution in [0, 0.1) is 6.92 Å². The van der Waals surface area contributed by atoms with Crippen molar-refractivity contribution in [3.05, 3.63) is 35.4 Å². The normalized spacial score (nSPS) is 13.8. The molecule has 0 saturated heterocycles. The lowest BCUT2D eigenvalue weighted by molar-refractivity contribution is 0.497. The fraction of sp³-hybridized carbons (Fsp3) is 0.400. The topological polar surface area (TPSA) is 63.3 Å². The minimum absolute atomic E-state index is 0.00999. The number of hydrogen-bond donors (Lipinski definition) is 2. The van der Waals surface area contributed by atoms with Crippen LogP contribution in [0.25, 0.3) is 0 Å². The third-order valence-electron chi connectivity index (χ3n) is 2.21. The van der Waals surface area contributed by atoms with Crippen molar-refractivity contribution in [1.82, 2.24) is 0 Å². The van der Waals surface area contributed by atoms with Gasteiger partial charge in [0.05, 0.1) is 0 Å². The molecule has 0 saturated carbocycles. The first-order valence-electron chi connectivity index (χ1n) is 4.53. The summed E-state index contributed by atoms with van der Waals surface area (Å²) in [6.07, 6.45) is 0.245. The Morgan fingerprint density at radius 2 is 2.00 bits per heavy atom. The van der Waals surface area contributed by atoms with E-state index in [4.69, 9.17) is 10.6 Å². The molecule has 0 bridgehead atoms. The molecular formula is C10H15NO2P+. The molecule has 1 aromatic carbocycles. The van der Waals surface area contributed by atoms with E-state index in [2.05, 4.69) is 0 Å². The summed E-state index contributed by atoms with van der Waals surface area (Å²) in [5.41, 5.74) is 7.77. The highest BCUT2D eigenvalue weighted by atomic mass is 31.1. The summed E-state index contributed by atoms with van der Waals surface area (Å²) in [7, 11) is -2.11. The maximum Gasteiger partial charge on any atom is 0.506 e. The molecule has 0 aromatic heterocycles. The van der Waals surface area contributed by atoms with Crippen LogP contribution < -0.4 is 5.73 Å². The molecule has 3 N–H and O–H groups in total. The van der Waals surface area contributed by atoms with Crippen LogP contribution in [0.1, 0.15) is 17.0 Å². The molecule has 0 heterocycles. The standard InChI is InChI=1S/C10H14NO2P/c1-8-2-4-9(5-3-8)10(6-11)7-14(12)13/h2-5,10H,6-7,11H2,1H3/p+1. The number of hydrogen-bond acceptors (Lipinski definition) is 2. The average Bonchev–Trinajstić information content (AvgIpc) is 2.15. The van der Waals surface area contributed by atoms with Crippen LogP contribution in [0.3, 0.4) is 0 Å². The lowest BCUT2D eigenvalue weighted by atomic mass is 10.0. The van der Waals surface area contributed by atoms with Crippen molar-refractivity contribution in [3.63, 3.8) is 0 Å². The molecule has 0 spiro atoms. The summed E-state index contributed by atoms with van der Waals surface area (Å²) in [6, 6.07) is 7.91. The molecule has 0 radical (unpaired) electrons. The van der Waals surface area contributed by atoms with E-state index in [9.17, 15) is 4.57 Å². The maximum atomic E-state index is 10.7. The van der Waals surface area contributed by atoms with Crippen molar-refractivity contribution in [1.29, 1.82) is 0 Å². The molecule has 76 valence electrons. The van der Waals surface area contributed by atoms with Gasteiger partial charge in [0, 0.05) is 12.5 Å². The zero-order valence-electron chi connectivity index (χ0n) is 8.18. The van der Waals surface area contributed by atoms with Crippen LogP contribution in [0.2, 0.25) is 0 Å². The van der Waals surface area contributed by atoms with Gasteiger partial charge in [0.1, 0.15) is 0 Å². The van der Waals surface area contributed by atoms with E-state index in [1.54, 1.807) is 0 Å². The smallest absolute Gasteiger partial charge is 0.330 e. The highest BCUT2D eigenvalue weighted by molar-refractivity contribution is 7.38. The second-order valence-corrected chi connectivity index (χ2v) is 4.45. The molecule has 0 fully saturated rings. The first-order valence-corrected chi connectivity index (χ1v) is 5.93. The van der Waals surface area contributed by atoms with Gasteiger partial charge in [-0.2, -0.15) is 4.89 Å². The van der Waals surface area contributed by atoms with Gasteiger partial charge in [0.25, 0.3) is 0 Å². The van der Waals surface area contributed by atoms with Gasteiger partial charge in [-0.05, 0) is 17.1 Å². The van der Waals surface area contributed by atoms with E-state index in [1.165, 1.54) is 5.56 Å². The van der Waals surface area contributed by atoms with E-state index < -0.39 is 8.03 Å². The SMILES string of the molecule is Cc1ccc(C(CN)C[P+](=O)O)cc1. The van der Waals surface area contributed by atoms with E-state index in [0.29, 0.717) is 6.54 Å². The fourth-order valence-corrected chi connectivity index (χ4v) is 2.08. The Morgan fingerprint density at radius 3 is 2.43 bits per heavy atom. The van der Waals surface area contributed by atoms with Gasteiger partial charge >= 0.3 is 8.03 Å². The van der Waals surface area contributed by atoms with Crippen LogP contribution in [0.4, 0.5) is 0 Å². The first-order chi connectivity index (χ1) is 6.63. The molecule has 0 aliphatic heterocycles. The Morgan fingerprint density at radius 1 is 1.43 bits per heavy atom. The molecule has 0 aliphatic carbocycles. The Bertz CT molecular complexity index is 310. The minimum atomic E-state index is -2.11. The number of aryl methyl sites for hydroxylation is 1. The highest BCUT2D eigenvalue weighted by Crippen LogP contribution is 2.25. The Hall–Kier alpha value is -0.760. The Labute approximate surface area is 84.8 Å². The van der Waals surface area contributed by atoms with Crippen molar-refractivity contribution in [3.8, 4) is 0 Å². The maximum absolute atomic E-state index is 10.7. The van der Waals surface area contributed by atoms with Gasteiger partial charge in [-0.15, -0.1) is 0 Å². The minimum Gasteiger partial charge on any atom is -0.330 e. The molecule has 2 unspecified atom stereocenters. The predicted octanol–water partition coefficient (Wildman–Crippen LogP) is 1.77. The number of rotatable bonds is 4. The van der Waals surface area contributed by atoms with Crippen molar-refractivity contribution in [2.45, 2.75) is 12.8 Å². The highest BCUT2D eigenvalue weighted by Gasteiger charge is 2.21. The zero-order valence-corrected chi connectivity index (χ0v) is 9.08. The third-order valence-corrected chi connectivity index (χ3v) is 2.96. The lowest BCUT2D eigenvalue weighted by Crippen LogP contribution is -2.14. The second kappa shape index (κ2) is 5.20. The summed E-state index contributed by atoms with van der Waals surface area (Å²) in [4.78, 5) is 8.82. The van der Waals surface area contributed by atoms with Gasteiger partial charge in [0.15, 0.2) is 6.16 Å². The van der Waals surface area contributed by atoms with E-state index >= 15 is 0 Å². The summed E-state index contributed by atoms with van der Waals surface area (Å²) < 4.78 is 10.7. The van der Waals surface area contributed by atoms with Crippen LogP contribution in [-0.4, -0.2) is 17.6 Å². The quantitative estimate of drug-likeness (QED) is 0.747. The molecule has 0 aliphatic rings. The van der Waals surface area contributed by atoms with Crippen LogP contribution in [0.5, 0.6) is 0 Å². The number of nitrogens with two attached hydrogens (primary N) is 1. The van der Waals surface area contributed by atoms with Crippen molar-refractivity contribution >= 4 is 8.03 Å². The van der Waals surface area contributed by atoms with E-state index in [0.717, 1.165) is 5.56 Å². The lowest BCUT2D eigenvalue weighted by Gasteiger charge is -2.08. The summed E-state index contributed by atoms with van der Waals surface area (Å²) in [5, 5.41) is 0. The summed E-state index contributed by atoms with van der Waals surface area (Å²) >= 11 is 0. The molecule has 2 atom stereocenters. The Balaban J connectivity index is 2.78. The molecular weight excluding hydrogens is 197 g/mol. The molecule has 14 heavy (non-hydrogen) atoms. The molecule has 3 nitrogen and oxygen atoms in total.